The maximum absolute atomic E-state index is 12.9. The van der Waals surface area contributed by atoms with Gasteiger partial charge in [-0.15, -0.1) is 25.2 Å². The van der Waals surface area contributed by atoms with Crippen LogP contribution in [-0.2, 0) is 19.2 Å². The minimum absolute atomic E-state index is 0.757. The van der Waals surface area contributed by atoms with Gasteiger partial charge < -0.3 is 0 Å². The lowest BCUT2D eigenvalue weighted by atomic mass is 10.4. The second kappa shape index (κ2) is 4.96. The van der Waals surface area contributed by atoms with E-state index in [9.17, 15) is 24.6 Å². The van der Waals surface area contributed by atoms with Crippen LogP contribution in [0.3, 0.4) is 0 Å². The molecule has 104 valence electrons. The van der Waals surface area contributed by atoms with Gasteiger partial charge in [0.2, 0.25) is 0 Å². The van der Waals surface area contributed by atoms with E-state index in [1.165, 1.54) is 6.07 Å². The van der Waals surface area contributed by atoms with E-state index in [1.807, 2.05) is 0 Å². The van der Waals surface area contributed by atoms with Gasteiger partial charge in [0.15, 0.2) is 0 Å². The second-order valence-electron chi connectivity index (χ2n) is 2.95. The fourth-order valence-electron chi connectivity index (χ4n) is 1.11. The van der Waals surface area contributed by atoms with E-state index in [2.05, 4.69) is 4.73 Å². The highest BCUT2D eigenvalue weighted by Crippen LogP contribution is 2.66. The fraction of sp³-hybridized carbons (Fsp3) is 0. The summed E-state index contributed by atoms with van der Waals surface area (Å²) >= 11 is 0. The lowest BCUT2D eigenvalue weighted by Gasteiger charge is -2.25. The molecular weight excluding hydrogens is 323 g/mol. The Balaban J connectivity index is 3.77. The molecule has 2 N–H and O–H groups in total. The number of hydrogen-bond donors (Lipinski definition) is 2. The number of hydrogen-bond acceptors (Lipinski definition) is 2. The molecule has 0 radical (unpaired) electrons. The normalized spacial score (nSPS) is 18.6. The van der Waals surface area contributed by atoms with Gasteiger partial charge in [-0.05, 0) is 13.9 Å². The number of nitrogens with one attached hydrogen (secondary N) is 1. The predicted molar refractivity (Wildman–Crippen MR) is 59.9 cm³/mol. The molecular formula is C6H7F5NO3P2S+. The van der Waals surface area contributed by atoms with Gasteiger partial charge in [0.05, 0.1) is 0 Å². The third kappa shape index (κ3) is 2.96. The van der Waals surface area contributed by atoms with Crippen LogP contribution >= 0.6 is 14.6 Å². The summed E-state index contributed by atoms with van der Waals surface area (Å²) in [6.45, 7) is 0. The van der Waals surface area contributed by atoms with Crippen LogP contribution in [0.25, 0.3) is 0 Å². The molecule has 12 heteroatoms. The van der Waals surface area contributed by atoms with E-state index in [0.29, 0.717) is 0 Å². The van der Waals surface area contributed by atoms with Crippen molar-refractivity contribution in [2.75, 3.05) is 0 Å². The van der Waals surface area contributed by atoms with E-state index in [-0.39, 0.29) is 0 Å². The van der Waals surface area contributed by atoms with Crippen LogP contribution in [0.5, 0.6) is 0 Å². The number of halogens is 5. The highest BCUT2D eigenvalue weighted by molar-refractivity contribution is 8.44. The highest BCUT2D eigenvalue weighted by atomic mass is 32.7. The molecule has 0 aromatic heterocycles. The molecule has 0 saturated carbocycles. The zero-order chi connectivity index (χ0) is 14.1. The minimum atomic E-state index is -8.39. The smallest absolute Gasteiger partial charge is 0.144 e. The van der Waals surface area contributed by atoms with Gasteiger partial charge in [-0.25, -0.2) is 0 Å². The van der Waals surface area contributed by atoms with Crippen molar-refractivity contribution in [1.29, 1.82) is 0 Å². The van der Waals surface area contributed by atoms with Crippen molar-refractivity contribution in [3.05, 3.63) is 30.3 Å². The van der Waals surface area contributed by atoms with Crippen molar-refractivity contribution >= 4 is 29.8 Å². The Hall–Kier alpha value is -0.370. The molecule has 0 saturated heterocycles. The molecule has 1 aromatic carbocycles. The zero-order valence-electron chi connectivity index (χ0n) is 8.34. The van der Waals surface area contributed by atoms with Crippen LogP contribution in [0.4, 0.5) is 20.1 Å². The maximum Gasteiger partial charge on any atom is 0.617 e. The molecule has 18 heavy (non-hydrogen) atoms. The van der Waals surface area contributed by atoms with Crippen LogP contribution in [0.15, 0.2) is 30.3 Å². The Morgan fingerprint density at radius 2 is 1.72 bits per heavy atom. The summed E-state index contributed by atoms with van der Waals surface area (Å²) in [7, 11) is -12.1. The van der Waals surface area contributed by atoms with Gasteiger partial charge in [-0.3, -0.25) is 0 Å². The molecule has 4 nitrogen and oxygen atoms in total. The van der Waals surface area contributed by atoms with Crippen molar-refractivity contribution in [2.45, 2.75) is 0 Å². The minimum Gasteiger partial charge on any atom is -0.144 e. The Bertz CT molecular complexity index is 538. The van der Waals surface area contributed by atoms with Crippen LogP contribution in [0.1, 0.15) is 0 Å². The Kier molecular flexibility index (Phi) is 4.32. The van der Waals surface area contributed by atoms with E-state index < -0.39 is 29.8 Å². The summed E-state index contributed by atoms with van der Waals surface area (Å²) in [6.07, 6.45) is -5.69. The van der Waals surface area contributed by atoms with Crippen LogP contribution in [0.2, 0.25) is 0 Å². The topological polar surface area (TPSA) is 58.6 Å². The Morgan fingerprint density at radius 1 is 1.22 bits per heavy atom. The Labute approximate surface area is 99.8 Å². The first-order chi connectivity index (χ1) is 8.09. The quantitative estimate of drug-likeness (QED) is 0.656. The first-order valence-corrected chi connectivity index (χ1v) is 9.27. The molecule has 0 bridgehead atoms. The first-order valence-electron chi connectivity index (χ1n) is 4.10. The summed E-state index contributed by atoms with van der Waals surface area (Å²) in [5, 5.41) is -0.901. The molecule has 0 amide bonds. The van der Waals surface area contributed by atoms with Gasteiger partial charge >= 0.3 is 18.1 Å². The van der Waals surface area contributed by atoms with Crippen molar-refractivity contribution in [3.8, 4) is 0 Å². The van der Waals surface area contributed by atoms with Crippen LogP contribution in [-0.4, -0.2) is 4.89 Å². The molecule has 0 aliphatic rings. The highest BCUT2D eigenvalue weighted by Gasteiger charge is 2.54. The van der Waals surface area contributed by atoms with Gasteiger partial charge in [0.1, 0.15) is 0 Å². The van der Waals surface area contributed by atoms with E-state index >= 15 is 0 Å². The van der Waals surface area contributed by atoms with Crippen molar-refractivity contribution < 1.29 is 34.3 Å². The van der Waals surface area contributed by atoms with Gasteiger partial charge in [0.25, 0.3) is 6.42 Å². The Morgan fingerprint density at radius 3 is 2.06 bits per heavy atom. The summed E-state index contributed by atoms with van der Waals surface area (Å²) in [4.78, 5) is 9.45. The molecule has 0 aliphatic heterocycles. The summed E-state index contributed by atoms with van der Waals surface area (Å²) < 4.78 is 77.5. The largest absolute Gasteiger partial charge is 0.617 e. The third-order valence-electron chi connectivity index (χ3n) is 1.80. The van der Waals surface area contributed by atoms with Crippen LogP contribution in [0, 0.1) is 0 Å². The summed E-state index contributed by atoms with van der Waals surface area (Å²) in [6, 6.07) is 5.01. The van der Waals surface area contributed by atoms with Crippen LogP contribution < -0.4 is 10.2 Å². The lowest BCUT2D eigenvalue weighted by Crippen LogP contribution is -2.24. The molecule has 2 unspecified atom stereocenters. The predicted octanol–water partition coefficient (Wildman–Crippen LogP) is 3.44. The first kappa shape index (κ1) is 15.7. The maximum atomic E-state index is 12.9. The van der Waals surface area contributed by atoms with Gasteiger partial charge in [0, 0.05) is 5.30 Å². The van der Waals surface area contributed by atoms with Gasteiger partial charge in [-0.1, -0.05) is 30.3 Å². The molecule has 0 fully saturated rings. The fourth-order valence-corrected chi connectivity index (χ4v) is 7.46. The van der Waals surface area contributed by atoms with Crippen molar-refractivity contribution in [2.24, 2.45) is 0 Å². The second-order valence-corrected chi connectivity index (χ2v) is 10.5. The van der Waals surface area contributed by atoms with Crippen molar-refractivity contribution in [1.82, 2.24) is 4.86 Å². The molecule has 0 heterocycles. The lowest BCUT2D eigenvalue weighted by molar-refractivity contribution is 0.00872. The third-order valence-corrected chi connectivity index (χ3v) is 9.36. The standard InChI is InChI=1S/C6H6F5NO3P2S/c7-15-17(12-16(13)14,18(8,9,10)11)6-4-2-1-3-5-6/h1-5H,(H-,12,13,14)/p+1. The average molecular weight is 330 g/mol. The zero-order valence-corrected chi connectivity index (χ0v) is 10.9. The monoisotopic (exact) mass is 330 g/mol. The molecule has 1 aromatic rings. The summed E-state index contributed by atoms with van der Waals surface area (Å²) in [5.41, 5.74) is 0. The molecule has 0 spiro atoms. The average Bonchev–Trinajstić information content (AvgIpc) is 2.24. The van der Waals surface area contributed by atoms with E-state index in [4.69, 9.17) is 4.89 Å². The molecule has 2 atom stereocenters. The van der Waals surface area contributed by atoms with E-state index in [0.717, 1.165) is 29.1 Å². The molecule has 1 rings (SSSR count). The summed E-state index contributed by atoms with van der Waals surface area (Å²) in [5.74, 6) is 0. The SMILES string of the molecule is O=[P+](O)NP(OF)(c1ccccc1)=S(F)(F)(F)F. The van der Waals surface area contributed by atoms with E-state index in [1.54, 1.807) is 0 Å². The molecule has 0 aliphatic carbocycles. The van der Waals surface area contributed by atoms with Crippen molar-refractivity contribution in [3.63, 3.8) is 0 Å². The number of rotatable bonds is 4. The van der Waals surface area contributed by atoms with Gasteiger partial charge in [-0.2, -0.15) is 0 Å². The number of benzene rings is 1.